The van der Waals surface area contributed by atoms with Crippen molar-refractivity contribution in [2.24, 2.45) is 5.92 Å². The third kappa shape index (κ3) is 6.46. The van der Waals surface area contributed by atoms with Gasteiger partial charge in [-0.3, -0.25) is 4.79 Å². The minimum absolute atomic E-state index is 0.0509. The summed E-state index contributed by atoms with van der Waals surface area (Å²) in [5, 5.41) is 18.8. The topological polar surface area (TPSA) is 90.5 Å². The summed E-state index contributed by atoms with van der Waals surface area (Å²) in [5.74, 6) is -0.243. The molecule has 2 aromatic rings. The van der Waals surface area contributed by atoms with Crippen LogP contribution in [0.1, 0.15) is 39.5 Å². The fourth-order valence-electron chi connectivity index (χ4n) is 2.75. The highest BCUT2D eigenvalue weighted by Gasteiger charge is 2.16. The third-order valence-electron chi connectivity index (χ3n) is 4.39. The number of unbranched alkanes of at least 4 members (excludes halogenated alkanes) is 1. The Bertz CT molecular complexity index is 809. The van der Waals surface area contributed by atoms with Crippen molar-refractivity contribution >= 4 is 40.6 Å². The molecule has 0 aliphatic rings. The monoisotopic (exact) mass is 403 g/mol. The van der Waals surface area contributed by atoms with Crippen LogP contribution < -0.4 is 16.0 Å². The van der Waals surface area contributed by atoms with Crippen molar-refractivity contribution in [3.63, 3.8) is 0 Å². The number of carbonyl (C=O) groups is 2. The van der Waals surface area contributed by atoms with Crippen LogP contribution in [0.25, 0.3) is 0 Å². The molecule has 7 heteroatoms. The van der Waals surface area contributed by atoms with E-state index < -0.39 is 6.03 Å². The number of carbonyl (C=O) groups excluding carboxylic acids is 2. The number of phenols is 1. The van der Waals surface area contributed by atoms with Gasteiger partial charge in [-0.25, -0.2) is 4.79 Å². The fourth-order valence-corrected chi connectivity index (χ4v) is 2.87. The zero-order valence-corrected chi connectivity index (χ0v) is 16.8. The normalized spacial score (nSPS) is 11.5. The smallest absolute Gasteiger partial charge is 0.323 e. The highest BCUT2D eigenvalue weighted by atomic mass is 35.5. The lowest BCUT2D eigenvalue weighted by Crippen LogP contribution is -2.22. The van der Waals surface area contributed by atoms with E-state index in [1.807, 2.05) is 6.92 Å². The minimum Gasteiger partial charge on any atom is -0.506 e. The van der Waals surface area contributed by atoms with Gasteiger partial charge in [0.15, 0.2) is 0 Å². The van der Waals surface area contributed by atoms with E-state index in [2.05, 4.69) is 22.9 Å². The molecule has 2 aromatic carbocycles. The van der Waals surface area contributed by atoms with Crippen molar-refractivity contribution < 1.29 is 14.7 Å². The van der Waals surface area contributed by atoms with Crippen LogP contribution in [0.15, 0.2) is 42.5 Å². The van der Waals surface area contributed by atoms with Crippen LogP contribution in [0.3, 0.4) is 0 Å². The Morgan fingerprint density at radius 1 is 1.00 bits per heavy atom. The van der Waals surface area contributed by atoms with Gasteiger partial charge in [-0.1, -0.05) is 38.3 Å². The number of hydrogen-bond acceptors (Lipinski definition) is 3. The molecule has 0 heterocycles. The largest absolute Gasteiger partial charge is 0.506 e. The van der Waals surface area contributed by atoms with E-state index in [-0.39, 0.29) is 23.3 Å². The van der Waals surface area contributed by atoms with Crippen LogP contribution >= 0.6 is 11.6 Å². The van der Waals surface area contributed by atoms with Gasteiger partial charge >= 0.3 is 6.03 Å². The summed E-state index contributed by atoms with van der Waals surface area (Å²) in [6.45, 7) is 4.08. The van der Waals surface area contributed by atoms with Crippen LogP contribution in [0, 0.1) is 5.92 Å². The second kappa shape index (κ2) is 10.6. The first-order chi connectivity index (χ1) is 13.4. The molecule has 1 unspecified atom stereocenters. The van der Waals surface area contributed by atoms with E-state index in [0.29, 0.717) is 16.4 Å². The quantitative estimate of drug-likeness (QED) is 0.417. The maximum atomic E-state index is 12.4. The molecule has 0 fully saturated rings. The maximum Gasteiger partial charge on any atom is 0.323 e. The van der Waals surface area contributed by atoms with Crippen molar-refractivity contribution in [3.05, 3.63) is 47.5 Å². The Morgan fingerprint density at radius 3 is 2.29 bits per heavy atom. The van der Waals surface area contributed by atoms with Crippen molar-refractivity contribution in [1.29, 1.82) is 0 Å². The van der Waals surface area contributed by atoms with Crippen LogP contribution in [0.4, 0.5) is 21.9 Å². The Kier molecular flexibility index (Phi) is 8.14. The summed E-state index contributed by atoms with van der Waals surface area (Å²) >= 11 is 5.81. The molecule has 0 bridgehead atoms. The summed E-state index contributed by atoms with van der Waals surface area (Å²) in [4.78, 5) is 24.4. The summed E-state index contributed by atoms with van der Waals surface area (Å²) in [7, 11) is 0. The number of phenolic OH excluding ortho intramolecular Hbond substituents is 1. The number of benzene rings is 2. The van der Waals surface area contributed by atoms with Crippen molar-refractivity contribution in [3.8, 4) is 5.75 Å². The Morgan fingerprint density at radius 2 is 1.68 bits per heavy atom. The van der Waals surface area contributed by atoms with E-state index in [1.54, 1.807) is 36.4 Å². The lowest BCUT2D eigenvalue weighted by molar-refractivity contribution is -0.120. The zero-order valence-electron chi connectivity index (χ0n) is 16.1. The molecule has 1 atom stereocenters. The Hall–Kier alpha value is -2.73. The molecular weight excluding hydrogens is 378 g/mol. The van der Waals surface area contributed by atoms with Crippen LogP contribution in [-0.2, 0) is 4.79 Å². The Labute approximate surface area is 170 Å². The highest BCUT2D eigenvalue weighted by molar-refractivity contribution is 6.30. The third-order valence-corrected chi connectivity index (χ3v) is 4.64. The van der Waals surface area contributed by atoms with Gasteiger partial charge in [0.2, 0.25) is 5.91 Å². The van der Waals surface area contributed by atoms with Gasteiger partial charge in [0.05, 0.1) is 5.69 Å². The number of anilines is 3. The number of aromatic hydroxyl groups is 1. The molecule has 0 aliphatic heterocycles. The standard InChI is InChI=1S/C21H26ClN3O3/c1-3-5-6-14(4-2)20(27)23-17-11-12-18(19(26)13-17)25-21(28)24-16-9-7-15(22)8-10-16/h7-14,26H,3-6H2,1-2H3,(H,23,27)(H2,24,25,28). The average molecular weight is 404 g/mol. The maximum absolute atomic E-state index is 12.4. The predicted octanol–water partition coefficient (Wildman–Crippen LogP) is 5.84. The highest BCUT2D eigenvalue weighted by Crippen LogP contribution is 2.28. The molecule has 0 spiro atoms. The average Bonchev–Trinajstić information content (AvgIpc) is 2.66. The molecule has 4 N–H and O–H groups in total. The molecule has 6 nitrogen and oxygen atoms in total. The molecule has 150 valence electrons. The van der Waals surface area contributed by atoms with E-state index in [1.165, 1.54) is 6.07 Å². The number of rotatable bonds is 8. The molecular formula is C21H26ClN3O3. The first-order valence-electron chi connectivity index (χ1n) is 9.40. The van der Waals surface area contributed by atoms with Crippen molar-refractivity contribution in [1.82, 2.24) is 0 Å². The number of halogens is 1. The summed E-state index contributed by atoms with van der Waals surface area (Å²) in [6, 6.07) is 10.8. The Balaban J connectivity index is 1.96. The number of nitrogens with one attached hydrogen (secondary N) is 3. The first kappa shape index (κ1) is 21.6. The van der Waals surface area contributed by atoms with Crippen molar-refractivity contribution in [2.45, 2.75) is 39.5 Å². The number of amides is 3. The van der Waals surface area contributed by atoms with Gasteiger partial charge in [0, 0.05) is 28.4 Å². The molecule has 0 radical (unpaired) electrons. The fraction of sp³-hybridized carbons (Fsp3) is 0.333. The van der Waals surface area contributed by atoms with E-state index in [0.717, 1.165) is 25.7 Å². The minimum atomic E-state index is -0.500. The second-order valence-corrected chi connectivity index (χ2v) is 6.99. The molecule has 28 heavy (non-hydrogen) atoms. The molecule has 0 aromatic heterocycles. The lowest BCUT2D eigenvalue weighted by atomic mass is 9.98. The van der Waals surface area contributed by atoms with Crippen LogP contribution in [0.5, 0.6) is 5.75 Å². The molecule has 2 rings (SSSR count). The molecule has 0 saturated carbocycles. The van der Waals surface area contributed by atoms with E-state index in [4.69, 9.17) is 11.6 Å². The number of urea groups is 1. The predicted molar refractivity (Wildman–Crippen MR) is 114 cm³/mol. The van der Waals surface area contributed by atoms with Gasteiger partial charge in [-0.15, -0.1) is 0 Å². The van der Waals surface area contributed by atoms with Crippen LogP contribution in [-0.4, -0.2) is 17.0 Å². The second-order valence-electron chi connectivity index (χ2n) is 6.55. The molecule has 0 saturated heterocycles. The number of hydrogen-bond donors (Lipinski definition) is 4. The van der Waals surface area contributed by atoms with E-state index >= 15 is 0 Å². The van der Waals surface area contributed by atoms with Gasteiger partial charge < -0.3 is 21.1 Å². The summed E-state index contributed by atoms with van der Waals surface area (Å²) < 4.78 is 0. The summed E-state index contributed by atoms with van der Waals surface area (Å²) in [6.07, 6.45) is 3.66. The molecule has 3 amide bonds. The first-order valence-corrected chi connectivity index (χ1v) is 9.78. The van der Waals surface area contributed by atoms with Gasteiger partial charge in [0.1, 0.15) is 5.75 Å². The van der Waals surface area contributed by atoms with E-state index in [9.17, 15) is 14.7 Å². The van der Waals surface area contributed by atoms with Gasteiger partial charge in [0.25, 0.3) is 0 Å². The van der Waals surface area contributed by atoms with Gasteiger partial charge in [-0.05, 0) is 49.2 Å². The van der Waals surface area contributed by atoms with Crippen molar-refractivity contribution in [2.75, 3.05) is 16.0 Å². The SMILES string of the molecule is CCCCC(CC)C(=O)Nc1ccc(NC(=O)Nc2ccc(Cl)cc2)c(O)c1. The lowest BCUT2D eigenvalue weighted by Gasteiger charge is -2.15. The zero-order chi connectivity index (χ0) is 20.5. The van der Waals surface area contributed by atoms with Crippen LogP contribution in [0.2, 0.25) is 5.02 Å². The molecule has 0 aliphatic carbocycles. The van der Waals surface area contributed by atoms with Gasteiger partial charge in [-0.2, -0.15) is 0 Å². The summed E-state index contributed by atoms with van der Waals surface area (Å²) in [5.41, 5.74) is 1.30.